The maximum absolute atomic E-state index is 12.3. The second-order valence-electron chi connectivity index (χ2n) is 6.78. The molecule has 1 fully saturated rings. The van der Waals surface area contributed by atoms with Crippen molar-refractivity contribution in [3.8, 4) is 5.75 Å². The van der Waals surface area contributed by atoms with Crippen LogP contribution in [0.3, 0.4) is 0 Å². The minimum Gasteiger partial charge on any atom is -0.504 e. The van der Waals surface area contributed by atoms with Crippen LogP contribution in [-0.2, 0) is 9.53 Å². The molecule has 1 N–H and O–H groups in total. The number of phenolic OH excluding ortho intramolecular Hbond substituents is 1. The number of hydrogen-bond donors (Lipinski definition) is 1. The van der Waals surface area contributed by atoms with E-state index in [0.29, 0.717) is 23.8 Å². The van der Waals surface area contributed by atoms with Crippen molar-refractivity contribution in [2.24, 2.45) is 5.41 Å². The molecule has 2 atom stereocenters. The molecule has 0 saturated heterocycles. The summed E-state index contributed by atoms with van der Waals surface area (Å²) in [6, 6.07) is 0. The van der Waals surface area contributed by atoms with Crippen LogP contribution < -0.4 is 0 Å². The lowest BCUT2D eigenvalue weighted by molar-refractivity contribution is -0.123. The van der Waals surface area contributed by atoms with Crippen molar-refractivity contribution >= 4 is 28.8 Å². The highest BCUT2D eigenvalue weighted by atomic mass is 16.5. The van der Waals surface area contributed by atoms with Crippen LogP contribution in [0.2, 0.25) is 0 Å². The fraction of sp³-hybridized carbons (Fsp3) is 0.368. The SMILES string of the molecule is COC(=O)c1coc2c(O)c3c(c(C)c12)C=CC1(C)C(=O)CC[C@@H]31. The summed E-state index contributed by atoms with van der Waals surface area (Å²) < 4.78 is 10.3. The lowest BCUT2D eigenvalue weighted by Gasteiger charge is -2.33. The zero-order valence-corrected chi connectivity index (χ0v) is 13.8. The Bertz CT molecular complexity index is 933. The van der Waals surface area contributed by atoms with Crippen molar-refractivity contribution in [3.63, 3.8) is 0 Å². The van der Waals surface area contributed by atoms with Crippen LogP contribution in [0, 0.1) is 12.3 Å². The molecule has 1 saturated carbocycles. The average Bonchev–Trinajstić information content (AvgIpc) is 3.14. The Morgan fingerprint density at radius 3 is 2.92 bits per heavy atom. The van der Waals surface area contributed by atoms with Gasteiger partial charge in [-0.1, -0.05) is 12.2 Å². The Hall–Kier alpha value is -2.56. The predicted molar refractivity (Wildman–Crippen MR) is 88.1 cm³/mol. The Morgan fingerprint density at radius 2 is 2.21 bits per heavy atom. The largest absolute Gasteiger partial charge is 0.504 e. The van der Waals surface area contributed by atoms with Gasteiger partial charge in [-0.25, -0.2) is 4.79 Å². The first-order chi connectivity index (χ1) is 11.4. The number of fused-ring (bicyclic) bond motifs is 4. The highest BCUT2D eigenvalue weighted by molar-refractivity contribution is 6.08. The minimum absolute atomic E-state index is 0.0241. The number of allylic oxidation sites excluding steroid dienone is 1. The van der Waals surface area contributed by atoms with Crippen molar-refractivity contribution in [3.05, 3.63) is 34.6 Å². The fourth-order valence-electron chi connectivity index (χ4n) is 4.27. The number of ketones is 1. The van der Waals surface area contributed by atoms with E-state index in [2.05, 4.69) is 0 Å². The van der Waals surface area contributed by atoms with Gasteiger partial charge < -0.3 is 14.3 Å². The Kier molecular flexibility index (Phi) is 2.95. The zero-order chi connectivity index (χ0) is 17.2. The van der Waals surface area contributed by atoms with Crippen molar-refractivity contribution < 1.29 is 23.8 Å². The van der Waals surface area contributed by atoms with E-state index < -0.39 is 11.4 Å². The highest BCUT2D eigenvalue weighted by Gasteiger charge is 2.49. The van der Waals surface area contributed by atoms with Gasteiger partial charge in [-0.05, 0) is 31.4 Å². The molecule has 0 aliphatic heterocycles. The van der Waals surface area contributed by atoms with E-state index in [1.54, 1.807) is 0 Å². The Labute approximate surface area is 138 Å². The maximum Gasteiger partial charge on any atom is 0.341 e. The smallest absolute Gasteiger partial charge is 0.341 e. The van der Waals surface area contributed by atoms with Crippen molar-refractivity contribution in [2.45, 2.75) is 32.6 Å². The Morgan fingerprint density at radius 1 is 1.46 bits per heavy atom. The van der Waals surface area contributed by atoms with E-state index in [-0.39, 0.29) is 23.0 Å². The number of esters is 1. The van der Waals surface area contributed by atoms with E-state index in [1.165, 1.54) is 13.4 Å². The third kappa shape index (κ3) is 1.64. The standard InChI is InChI=1S/C19H18O5/c1-9-10-6-7-19(2)12(4-5-13(19)20)15(10)16(21)17-14(9)11(8-24-17)18(22)23-3/h6-8,12,21H,4-5H2,1-3H3/t12-,19?/m0/s1. The number of rotatable bonds is 1. The van der Waals surface area contributed by atoms with Crippen LogP contribution >= 0.6 is 0 Å². The summed E-state index contributed by atoms with van der Waals surface area (Å²) in [4.78, 5) is 24.3. The van der Waals surface area contributed by atoms with Gasteiger partial charge in [0.2, 0.25) is 0 Å². The third-order valence-electron chi connectivity index (χ3n) is 5.67. The molecule has 2 aliphatic carbocycles. The van der Waals surface area contributed by atoms with Gasteiger partial charge in [0.1, 0.15) is 17.6 Å². The number of ether oxygens (including phenoxy) is 1. The summed E-state index contributed by atoms with van der Waals surface area (Å²) in [5.74, 6) is -0.353. The van der Waals surface area contributed by atoms with Crippen molar-refractivity contribution in [1.29, 1.82) is 0 Å². The molecule has 0 radical (unpaired) electrons. The molecular weight excluding hydrogens is 308 g/mol. The summed E-state index contributed by atoms with van der Waals surface area (Å²) >= 11 is 0. The average molecular weight is 326 g/mol. The predicted octanol–water partition coefficient (Wildman–Crippen LogP) is 3.71. The lowest BCUT2D eigenvalue weighted by atomic mass is 9.69. The van der Waals surface area contributed by atoms with Crippen LogP contribution in [0.15, 0.2) is 16.8 Å². The molecule has 4 rings (SSSR count). The first kappa shape index (κ1) is 15.0. The highest BCUT2D eigenvalue weighted by Crippen LogP contribution is 2.56. The molecule has 1 aromatic heterocycles. The number of aryl methyl sites for hydroxylation is 1. The number of benzene rings is 1. The van der Waals surface area contributed by atoms with Gasteiger partial charge in [0.15, 0.2) is 11.3 Å². The van der Waals surface area contributed by atoms with Crippen LogP contribution in [0.5, 0.6) is 5.75 Å². The van der Waals surface area contributed by atoms with E-state index in [1.807, 2.05) is 26.0 Å². The second kappa shape index (κ2) is 4.72. The van der Waals surface area contributed by atoms with E-state index in [0.717, 1.165) is 16.7 Å². The quantitative estimate of drug-likeness (QED) is 0.808. The zero-order valence-electron chi connectivity index (χ0n) is 13.8. The number of aromatic hydroxyl groups is 1. The van der Waals surface area contributed by atoms with Gasteiger partial charge in [-0.3, -0.25) is 4.79 Å². The van der Waals surface area contributed by atoms with Gasteiger partial charge in [0.05, 0.1) is 12.5 Å². The summed E-state index contributed by atoms with van der Waals surface area (Å²) in [5, 5.41) is 11.4. The third-order valence-corrected chi connectivity index (χ3v) is 5.67. The lowest BCUT2D eigenvalue weighted by Crippen LogP contribution is -2.28. The molecule has 0 bridgehead atoms. The van der Waals surface area contributed by atoms with Crippen molar-refractivity contribution in [2.75, 3.05) is 7.11 Å². The van der Waals surface area contributed by atoms with Gasteiger partial charge in [-0.2, -0.15) is 0 Å². The van der Waals surface area contributed by atoms with Gasteiger partial charge >= 0.3 is 5.97 Å². The molecule has 124 valence electrons. The van der Waals surface area contributed by atoms with Gasteiger partial charge in [0, 0.05) is 23.3 Å². The molecule has 1 unspecified atom stereocenters. The van der Waals surface area contributed by atoms with Gasteiger partial charge in [-0.15, -0.1) is 0 Å². The normalized spacial score (nSPS) is 25.0. The number of carbonyl (C=O) groups is 2. The Balaban J connectivity index is 2.06. The second-order valence-corrected chi connectivity index (χ2v) is 6.78. The molecule has 0 spiro atoms. The molecule has 24 heavy (non-hydrogen) atoms. The number of phenols is 1. The molecule has 2 aromatic rings. The van der Waals surface area contributed by atoms with Crippen molar-refractivity contribution in [1.82, 2.24) is 0 Å². The maximum atomic E-state index is 12.3. The molecule has 5 heteroatoms. The molecule has 1 heterocycles. The first-order valence-corrected chi connectivity index (χ1v) is 7.97. The van der Waals surface area contributed by atoms with E-state index in [4.69, 9.17) is 9.15 Å². The number of hydrogen-bond acceptors (Lipinski definition) is 5. The van der Waals surface area contributed by atoms with Crippen LogP contribution in [0.25, 0.3) is 17.0 Å². The van der Waals surface area contributed by atoms with Crippen LogP contribution in [0.1, 0.15) is 52.7 Å². The number of furan rings is 1. The van der Waals surface area contributed by atoms with Gasteiger partial charge in [0.25, 0.3) is 0 Å². The molecule has 2 aliphatic rings. The van der Waals surface area contributed by atoms with E-state index >= 15 is 0 Å². The topological polar surface area (TPSA) is 76.7 Å². The van der Waals surface area contributed by atoms with E-state index in [9.17, 15) is 14.7 Å². The van der Waals surface area contributed by atoms with Crippen LogP contribution in [0.4, 0.5) is 0 Å². The fourth-order valence-corrected chi connectivity index (χ4v) is 4.27. The van der Waals surface area contributed by atoms with Crippen LogP contribution in [-0.4, -0.2) is 24.0 Å². The molecule has 0 amide bonds. The molecule has 5 nitrogen and oxygen atoms in total. The summed E-state index contributed by atoms with van der Waals surface area (Å²) in [5.41, 5.74) is 2.47. The monoisotopic (exact) mass is 326 g/mol. The molecular formula is C19H18O5. The molecule has 1 aromatic carbocycles. The number of Topliss-reactive ketones (excluding diaryl/α,β-unsaturated/α-hetero) is 1. The minimum atomic E-state index is -0.581. The summed E-state index contributed by atoms with van der Waals surface area (Å²) in [6.07, 6.45) is 6.35. The number of methoxy groups -OCH3 is 1. The summed E-state index contributed by atoms with van der Waals surface area (Å²) in [7, 11) is 1.31. The number of carbonyl (C=O) groups excluding carboxylic acids is 2. The first-order valence-electron chi connectivity index (χ1n) is 7.97. The summed E-state index contributed by atoms with van der Waals surface area (Å²) in [6.45, 7) is 3.82.